The Hall–Kier alpha value is -1.78. The number of fused-ring (bicyclic) bond motifs is 4. The summed E-state index contributed by atoms with van der Waals surface area (Å²) in [6.07, 6.45) is 0.800. The van der Waals surface area contributed by atoms with Crippen LogP contribution in [0.25, 0.3) is 0 Å². The lowest BCUT2D eigenvalue weighted by Gasteiger charge is -2.52. The summed E-state index contributed by atoms with van der Waals surface area (Å²) >= 11 is 12.1. The van der Waals surface area contributed by atoms with Gasteiger partial charge in [0.2, 0.25) is 0 Å². The Morgan fingerprint density at radius 3 is 2.58 bits per heavy atom. The van der Waals surface area contributed by atoms with Gasteiger partial charge in [-0.05, 0) is 50.2 Å². The van der Waals surface area contributed by atoms with Gasteiger partial charge in [-0.25, -0.2) is 0 Å². The zero-order valence-corrected chi connectivity index (χ0v) is 15.5. The van der Waals surface area contributed by atoms with Crippen molar-refractivity contribution in [3.8, 4) is 5.75 Å². The van der Waals surface area contributed by atoms with Crippen LogP contribution in [0.3, 0.4) is 0 Å². The van der Waals surface area contributed by atoms with Crippen molar-refractivity contribution in [2.45, 2.75) is 39.0 Å². The SMILES string of the molecule is Cc1cccc(C)c1N1C(=S)N[C@H]2C[C@@]1(C)Oc1c(Cl)cccc12. The van der Waals surface area contributed by atoms with Crippen LogP contribution in [0.2, 0.25) is 5.02 Å². The number of rotatable bonds is 1. The molecule has 0 aromatic heterocycles. The van der Waals surface area contributed by atoms with Crippen molar-refractivity contribution in [3.05, 3.63) is 58.1 Å². The lowest BCUT2D eigenvalue weighted by molar-refractivity contribution is 0.0497. The molecule has 0 spiro atoms. The molecule has 3 nitrogen and oxygen atoms in total. The highest BCUT2D eigenvalue weighted by Crippen LogP contribution is 2.48. The fourth-order valence-corrected chi connectivity index (χ4v) is 4.50. The molecular formula is C19H19ClN2OS. The smallest absolute Gasteiger partial charge is 0.188 e. The number of benzene rings is 2. The number of hydrogen-bond donors (Lipinski definition) is 1. The van der Waals surface area contributed by atoms with Gasteiger partial charge in [-0.15, -0.1) is 0 Å². The molecule has 0 amide bonds. The van der Waals surface area contributed by atoms with Gasteiger partial charge in [0.1, 0.15) is 5.75 Å². The molecule has 24 heavy (non-hydrogen) atoms. The van der Waals surface area contributed by atoms with Gasteiger partial charge in [0, 0.05) is 12.0 Å². The summed E-state index contributed by atoms with van der Waals surface area (Å²) in [6.45, 7) is 6.29. The van der Waals surface area contributed by atoms with Crippen molar-refractivity contribution in [1.82, 2.24) is 5.32 Å². The summed E-state index contributed by atoms with van der Waals surface area (Å²) < 4.78 is 6.43. The number of ether oxygens (including phenoxy) is 1. The molecule has 2 bridgehead atoms. The average Bonchev–Trinajstić information content (AvgIpc) is 2.51. The molecule has 1 N–H and O–H groups in total. The van der Waals surface area contributed by atoms with E-state index in [4.69, 9.17) is 28.6 Å². The molecule has 0 radical (unpaired) electrons. The van der Waals surface area contributed by atoms with Crippen LogP contribution in [0.4, 0.5) is 5.69 Å². The number of nitrogens with zero attached hydrogens (tertiary/aromatic N) is 1. The molecule has 0 saturated carbocycles. The highest BCUT2D eigenvalue weighted by molar-refractivity contribution is 7.80. The van der Waals surface area contributed by atoms with Crippen LogP contribution in [0, 0.1) is 13.8 Å². The Bertz CT molecular complexity index is 833. The number of anilines is 1. The predicted molar refractivity (Wildman–Crippen MR) is 102 cm³/mol. The Kier molecular flexibility index (Phi) is 3.52. The minimum atomic E-state index is -0.568. The first-order valence-electron chi connectivity index (χ1n) is 8.05. The molecular weight excluding hydrogens is 340 g/mol. The van der Waals surface area contributed by atoms with Gasteiger partial charge in [0.05, 0.1) is 16.8 Å². The molecule has 124 valence electrons. The van der Waals surface area contributed by atoms with E-state index in [1.807, 2.05) is 12.1 Å². The third-order valence-electron chi connectivity index (χ3n) is 4.91. The summed E-state index contributed by atoms with van der Waals surface area (Å²) in [4.78, 5) is 2.11. The van der Waals surface area contributed by atoms with Gasteiger partial charge in [-0.3, -0.25) is 4.90 Å². The molecule has 0 aliphatic carbocycles. The zero-order chi connectivity index (χ0) is 17.1. The highest BCUT2D eigenvalue weighted by atomic mass is 35.5. The maximum atomic E-state index is 6.43. The molecule has 2 atom stereocenters. The van der Waals surface area contributed by atoms with Crippen molar-refractivity contribution in [2.75, 3.05) is 4.90 Å². The fraction of sp³-hybridized carbons (Fsp3) is 0.316. The molecule has 2 aliphatic rings. The Morgan fingerprint density at radius 1 is 1.21 bits per heavy atom. The van der Waals surface area contributed by atoms with E-state index >= 15 is 0 Å². The van der Waals surface area contributed by atoms with E-state index in [0.717, 1.165) is 23.4 Å². The van der Waals surface area contributed by atoms with E-state index in [-0.39, 0.29) is 6.04 Å². The second kappa shape index (κ2) is 5.36. The normalized spacial score (nSPS) is 24.9. The van der Waals surface area contributed by atoms with E-state index in [1.165, 1.54) is 11.1 Å². The molecule has 1 saturated heterocycles. The van der Waals surface area contributed by atoms with Crippen LogP contribution >= 0.6 is 23.8 Å². The summed E-state index contributed by atoms with van der Waals surface area (Å²) in [6, 6.07) is 12.3. The topological polar surface area (TPSA) is 24.5 Å². The zero-order valence-electron chi connectivity index (χ0n) is 13.9. The number of aryl methyl sites for hydroxylation is 2. The van der Waals surface area contributed by atoms with E-state index < -0.39 is 5.72 Å². The van der Waals surface area contributed by atoms with Crippen LogP contribution in [0.15, 0.2) is 36.4 Å². The van der Waals surface area contributed by atoms with E-state index in [0.29, 0.717) is 10.1 Å². The predicted octanol–water partition coefficient (Wildman–Crippen LogP) is 4.89. The third kappa shape index (κ3) is 2.20. The molecule has 2 aromatic rings. The van der Waals surface area contributed by atoms with Crippen LogP contribution in [-0.2, 0) is 0 Å². The van der Waals surface area contributed by atoms with Crippen LogP contribution in [0.5, 0.6) is 5.75 Å². The monoisotopic (exact) mass is 358 g/mol. The van der Waals surface area contributed by atoms with E-state index in [9.17, 15) is 0 Å². The van der Waals surface area contributed by atoms with Gasteiger partial charge >= 0.3 is 0 Å². The first-order valence-corrected chi connectivity index (χ1v) is 8.84. The number of thiocarbonyl (C=S) groups is 1. The summed E-state index contributed by atoms with van der Waals surface area (Å²) in [7, 11) is 0. The molecule has 2 aliphatic heterocycles. The standard InChI is InChI=1S/C19H19ClN2OS/c1-11-6-4-7-12(2)16(11)22-18(24)21-15-10-19(22,3)23-17-13(15)8-5-9-14(17)20/h4-9,15H,10H2,1-3H3,(H,21,24)/t15-,19+/m0/s1. The van der Waals surface area contributed by atoms with Crippen LogP contribution in [0.1, 0.15) is 36.1 Å². The Balaban J connectivity index is 1.88. The minimum Gasteiger partial charge on any atom is -0.466 e. The van der Waals surface area contributed by atoms with Gasteiger partial charge in [0.15, 0.2) is 10.8 Å². The van der Waals surface area contributed by atoms with Crippen molar-refractivity contribution >= 4 is 34.6 Å². The maximum absolute atomic E-state index is 6.43. The second-order valence-corrected chi connectivity index (χ2v) is 7.51. The lowest BCUT2D eigenvalue weighted by atomic mass is 9.89. The summed E-state index contributed by atoms with van der Waals surface area (Å²) in [5, 5.41) is 4.81. The van der Waals surface area contributed by atoms with Crippen molar-refractivity contribution in [2.24, 2.45) is 0 Å². The van der Waals surface area contributed by atoms with Gasteiger partial charge in [0.25, 0.3) is 0 Å². The number of halogens is 1. The summed E-state index contributed by atoms with van der Waals surface area (Å²) in [5.41, 5.74) is 3.96. The molecule has 2 aromatic carbocycles. The molecule has 1 fully saturated rings. The van der Waals surface area contributed by atoms with E-state index in [1.54, 1.807) is 0 Å². The van der Waals surface area contributed by atoms with Gasteiger partial charge in [-0.2, -0.15) is 0 Å². The van der Waals surface area contributed by atoms with Crippen molar-refractivity contribution in [1.29, 1.82) is 0 Å². The van der Waals surface area contributed by atoms with Gasteiger partial charge in [-0.1, -0.05) is 41.9 Å². The molecule has 0 unspecified atom stereocenters. The Morgan fingerprint density at radius 2 is 1.88 bits per heavy atom. The molecule has 2 heterocycles. The largest absolute Gasteiger partial charge is 0.466 e. The maximum Gasteiger partial charge on any atom is 0.188 e. The van der Waals surface area contributed by atoms with Gasteiger partial charge < -0.3 is 10.1 Å². The highest BCUT2D eigenvalue weighted by Gasteiger charge is 2.49. The molecule has 4 rings (SSSR count). The average molecular weight is 359 g/mol. The van der Waals surface area contributed by atoms with Crippen LogP contribution in [-0.4, -0.2) is 10.8 Å². The lowest BCUT2D eigenvalue weighted by Crippen LogP contribution is -2.65. The number of nitrogens with one attached hydrogen (secondary N) is 1. The quantitative estimate of drug-likeness (QED) is 0.733. The fourth-order valence-electron chi connectivity index (χ4n) is 3.85. The van der Waals surface area contributed by atoms with E-state index in [2.05, 4.69) is 55.3 Å². The number of hydrogen-bond acceptors (Lipinski definition) is 2. The van der Waals surface area contributed by atoms with Crippen molar-refractivity contribution < 1.29 is 4.74 Å². The summed E-state index contributed by atoms with van der Waals surface area (Å²) in [5.74, 6) is 0.754. The second-order valence-electron chi connectivity index (χ2n) is 6.72. The first-order chi connectivity index (χ1) is 11.4. The first kappa shape index (κ1) is 15.7. The molecule has 5 heteroatoms. The van der Waals surface area contributed by atoms with Crippen molar-refractivity contribution in [3.63, 3.8) is 0 Å². The number of para-hydroxylation sites is 2. The minimum absolute atomic E-state index is 0.116. The third-order valence-corrected chi connectivity index (χ3v) is 5.51. The van der Waals surface area contributed by atoms with Crippen LogP contribution < -0.4 is 15.0 Å². The Labute approximate surface area is 152 Å².